The van der Waals surface area contributed by atoms with Gasteiger partial charge in [-0.1, -0.05) is 41.5 Å². The molecule has 0 N–H and O–H groups in total. The molecule has 0 saturated carbocycles. The molecule has 21 heavy (non-hydrogen) atoms. The molecule has 0 aromatic carbocycles. The van der Waals surface area contributed by atoms with Crippen molar-refractivity contribution < 1.29 is 9.63 Å². The first kappa shape index (κ1) is 17.6. The van der Waals surface area contributed by atoms with Gasteiger partial charge in [0, 0.05) is 11.1 Å². The second-order valence-electron chi connectivity index (χ2n) is 7.71. The zero-order chi connectivity index (χ0) is 16.6. The van der Waals surface area contributed by atoms with Crippen LogP contribution in [0, 0.1) is 15.7 Å². The van der Waals surface area contributed by atoms with Crippen molar-refractivity contribution in [3.05, 3.63) is 28.2 Å². The highest BCUT2D eigenvalue weighted by atomic mass is 16.7. The minimum Gasteiger partial charge on any atom is -0.289 e. The standard InChI is InChI=1S/C16H26N2O3/c1-14(2,3)11-9-16(7,18(17-20)21-8)10-12(13(11)19)15(4,5)6/h9-10H,1-8H3. The van der Waals surface area contributed by atoms with Crippen molar-refractivity contribution in [2.75, 3.05) is 7.11 Å². The Morgan fingerprint density at radius 2 is 1.43 bits per heavy atom. The Morgan fingerprint density at radius 1 is 1.05 bits per heavy atom. The van der Waals surface area contributed by atoms with Crippen LogP contribution in [-0.2, 0) is 9.63 Å². The molecular weight excluding hydrogens is 268 g/mol. The average Bonchev–Trinajstić information content (AvgIpc) is 2.30. The summed E-state index contributed by atoms with van der Waals surface area (Å²) in [4.78, 5) is 28.9. The molecule has 5 heteroatoms. The van der Waals surface area contributed by atoms with Crippen molar-refractivity contribution in [3.8, 4) is 0 Å². The predicted octanol–water partition coefficient (Wildman–Crippen LogP) is 3.82. The van der Waals surface area contributed by atoms with E-state index in [1.165, 1.54) is 7.11 Å². The van der Waals surface area contributed by atoms with Crippen molar-refractivity contribution in [1.29, 1.82) is 0 Å². The molecule has 1 rings (SSSR count). The van der Waals surface area contributed by atoms with Crippen molar-refractivity contribution >= 4 is 5.78 Å². The SMILES string of the molecule is CON(N=O)C1(C)C=C(C(C)(C)C)C(=O)C(C(C)(C)C)=C1. The van der Waals surface area contributed by atoms with E-state index in [1.807, 2.05) is 48.5 Å². The third kappa shape index (κ3) is 3.40. The number of Topliss-reactive ketones (excluding diaryl/α,β-unsaturated/α-hetero) is 1. The summed E-state index contributed by atoms with van der Waals surface area (Å²) in [5, 5.41) is 3.90. The maximum Gasteiger partial charge on any atom is 0.185 e. The molecule has 0 fully saturated rings. The van der Waals surface area contributed by atoms with Gasteiger partial charge < -0.3 is 0 Å². The molecule has 0 radical (unpaired) electrons. The maximum absolute atomic E-state index is 12.8. The van der Waals surface area contributed by atoms with Crippen LogP contribution < -0.4 is 0 Å². The van der Waals surface area contributed by atoms with Crippen LogP contribution in [0.2, 0.25) is 0 Å². The van der Waals surface area contributed by atoms with E-state index in [-0.39, 0.29) is 16.6 Å². The average molecular weight is 294 g/mol. The molecule has 0 saturated heterocycles. The van der Waals surface area contributed by atoms with Gasteiger partial charge in [0.1, 0.15) is 5.54 Å². The summed E-state index contributed by atoms with van der Waals surface area (Å²) < 4.78 is 0. The van der Waals surface area contributed by atoms with Crippen LogP contribution in [0.4, 0.5) is 0 Å². The van der Waals surface area contributed by atoms with Crippen LogP contribution >= 0.6 is 0 Å². The second kappa shape index (κ2) is 5.37. The van der Waals surface area contributed by atoms with Crippen LogP contribution in [0.15, 0.2) is 28.6 Å². The third-order valence-electron chi connectivity index (χ3n) is 3.64. The molecular formula is C16H26N2O3. The molecule has 0 spiro atoms. The van der Waals surface area contributed by atoms with Gasteiger partial charge in [-0.2, -0.15) is 0 Å². The van der Waals surface area contributed by atoms with Gasteiger partial charge in [-0.3, -0.25) is 9.63 Å². The number of nitroso groups, excluding NO2 is 1. The molecule has 118 valence electrons. The number of nitrogens with zero attached hydrogens (tertiary/aromatic N) is 2. The van der Waals surface area contributed by atoms with E-state index in [0.717, 1.165) is 5.17 Å². The summed E-state index contributed by atoms with van der Waals surface area (Å²) >= 11 is 0. The highest BCUT2D eigenvalue weighted by molar-refractivity contribution is 6.11. The van der Waals surface area contributed by atoms with Crippen LogP contribution in [0.25, 0.3) is 0 Å². The Hall–Kier alpha value is -1.49. The molecule has 0 amide bonds. The number of hydrogen-bond acceptors (Lipinski definition) is 4. The molecule has 0 bridgehead atoms. The topological polar surface area (TPSA) is 59.0 Å². The first-order valence-electron chi connectivity index (χ1n) is 7.06. The predicted molar refractivity (Wildman–Crippen MR) is 83.1 cm³/mol. The van der Waals surface area contributed by atoms with Gasteiger partial charge >= 0.3 is 0 Å². The van der Waals surface area contributed by atoms with E-state index in [0.29, 0.717) is 11.1 Å². The molecule has 5 nitrogen and oxygen atoms in total. The highest BCUT2D eigenvalue weighted by Gasteiger charge is 2.42. The van der Waals surface area contributed by atoms with Gasteiger partial charge in [-0.15, -0.1) is 10.1 Å². The Morgan fingerprint density at radius 3 is 1.67 bits per heavy atom. The van der Waals surface area contributed by atoms with E-state index in [1.54, 1.807) is 12.2 Å². The number of hydroxylamine groups is 1. The van der Waals surface area contributed by atoms with Gasteiger partial charge in [0.15, 0.2) is 5.78 Å². The normalized spacial score (nSPS) is 19.0. The first-order chi connectivity index (χ1) is 9.36. The highest BCUT2D eigenvalue weighted by Crippen LogP contribution is 2.41. The lowest BCUT2D eigenvalue weighted by atomic mass is 9.69. The quantitative estimate of drug-likeness (QED) is 0.586. The maximum atomic E-state index is 12.8. The van der Waals surface area contributed by atoms with Gasteiger partial charge in [0.25, 0.3) is 0 Å². The van der Waals surface area contributed by atoms with Crippen molar-refractivity contribution in [2.24, 2.45) is 16.1 Å². The van der Waals surface area contributed by atoms with E-state index in [4.69, 9.17) is 4.84 Å². The van der Waals surface area contributed by atoms with Gasteiger partial charge in [-0.05, 0) is 29.9 Å². The fourth-order valence-electron chi connectivity index (χ4n) is 2.44. The first-order valence-corrected chi connectivity index (χ1v) is 7.06. The largest absolute Gasteiger partial charge is 0.289 e. The van der Waals surface area contributed by atoms with Crippen LogP contribution in [0.5, 0.6) is 0 Å². The lowest BCUT2D eigenvalue weighted by Gasteiger charge is -2.39. The molecule has 0 aromatic heterocycles. The zero-order valence-electron chi connectivity index (χ0n) is 14.3. The number of allylic oxidation sites excluding steroid dienone is 2. The number of carbonyl (C=O) groups is 1. The lowest BCUT2D eigenvalue weighted by molar-refractivity contribution is -0.172. The Balaban J connectivity index is 3.55. The summed E-state index contributed by atoms with van der Waals surface area (Å²) in [7, 11) is 1.39. The summed E-state index contributed by atoms with van der Waals surface area (Å²) in [6.07, 6.45) is 3.55. The van der Waals surface area contributed by atoms with Crippen molar-refractivity contribution in [3.63, 3.8) is 0 Å². The summed E-state index contributed by atoms with van der Waals surface area (Å²) in [6.45, 7) is 13.7. The minimum atomic E-state index is -0.879. The third-order valence-corrected chi connectivity index (χ3v) is 3.64. The van der Waals surface area contributed by atoms with E-state index in [2.05, 4.69) is 5.29 Å². The zero-order valence-corrected chi connectivity index (χ0v) is 14.3. The Labute approximate surface area is 126 Å². The summed E-state index contributed by atoms with van der Waals surface area (Å²) in [5.41, 5.74) is -0.196. The van der Waals surface area contributed by atoms with Crippen LogP contribution in [-0.4, -0.2) is 23.6 Å². The summed E-state index contributed by atoms with van der Waals surface area (Å²) in [5.74, 6) is 0.0226. The van der Waals surface area contributed by atoms with Gasteiger partial charge in [-0.25, -0.2) is 0 Å². The molecule has 0 atom stereocenters. The fourth-order valence-corrected chi connectivity index (χ4v) is 2.44. The summed E-state index contributed by atoms with van der Waals surface area (Å²) in [6, 6.07) is 0. The van der Waals surface area contributed by atoms with Crippen molar-refractivity contribution in [2.45, 2.75) is 54.0 Å². The second-order valence-corrected chi connectivity index (χ2v) is 7.71. The number of ketones is 1. The van der Waals surface area contributed by atoms with E-state index < -0.39 is 5.54 Å². The Bertz CT molecular complexity index is 471. The minimum absolute atomic E-state index is 0.0226. The van der Waals surface area contributed by atoms with Crippen molar-refractivity contribution in [1.82, 2.24) is 5.17 Å². The van der Waals surface area contributed by atoms with Crippen LogP contribution in [0.3, 0.4) is 0 Å². The monoisotopic (exact) mass is 294 g/mol. The molecule has 0 aliphatic heterocycles. The lowest BCUT2D eigenvalue weighted by Crippen LogP contribution is -2.44. The van der Waals surface area contributed by atoms with E-state index >= 15 is 0 Å². The number of carbonyl (C=O) groups excluding carboxylic acids is 1. The van der Waals surface area contributed by atoms with E-state index in [9.17, 15) is 9.70 Å². The Kier molecular flexibility index (Phi) is 4.49. The van der Waals surface area contributed by atoms with Gasteiger partial charge in [0.05, 0.1) is 12.4 Å². The molecule has 0 aromatic rings. The fraction of sp³-hybridized carbons (Fsp3) is 0.688. The van der Waals surface area contributed by atoms with Gasteiger partial charge in [0.2, 0.25) is 0 Å². The number of hydrogen-bond donors (Lipinski definition) is 0. The number of rotatable bonds is 3. The molecule has 1 aliphatic rings. The van der Waals surface area contributed by atoms with Crippen LogP contribution in [0.1, 0.15) is 48.5 Å². The molecule has 0 heterocycles. The molecule has 1 aliphatic carbocycles. The molecule has 0 unspecified atom stereocenters. The smallest absolute Gasteiger partial charge is 0.185 e.